The van der Waals surface area contributed by atoms with E-state index in [2.05, 4.69) is 0 Å². The lowest BCUT2D eigenvalue weighted by molar-refractivity contribution is 0.388. The predicted octanol–water partition coefficient (Wildman–Crippen LogP) is 3.21. The molecule has 0 saturated heterocycles. The monoisotopic (exact) mass is 248 g/mol. The van der Waals surface area contributed by atoms with Gasteiger partial charge < -0.3 is 4.52 Å². The van der Waals surface area contributed by atoms with E-state index in [1.54, 1.807) is 12.1 Å². The van der Waals surface area contributed by atoms with Crippen molar-refractivity contribution in [1.82, 2.24) is 0 Å². The molecule has 0 amide bonds. The maximum atomic E-state index is 12.9. The second-order valence-corrected chi connectivity index (χ2v) is 5.40. The van der Waals surface area contributed by atoms with Crippen LogP contribution in [0.2, 0.25) is 0 Å². The van der Waals surface area contributed by atoms with Crippen molar-refractivity contribution in [3.05, 3.63) is 60.4 Å². The van der Waals surface area contributed by atoms with Gasteiger partial charge in [-0.1, -0.05) is 30.3 Å². The lowest BCUT2D eigenvalue weighted by atomic mass is 10.3. The molecule has 2 rings (SSSR count). The van der Waals surface area contributed by atoms with Crippen LogP contribution >= 0.6 is 8.15 Å². The fraction of sp³-hybridized carbons (Fsp3) is 0.143. The normalized spacial score (nSPS) is 12.4. The van der Waals surface area contributed by atoms with Crippen molar-refractivity contribution in [2.24, 2.45) is 0 Å². The minimum Gasteiger partial charge on any atom is -0.350 e. The largest absolute Gasteiger partial charge is 0.350 e. The summed E-state index contributed by atoms with van der Waals surface area (Å²) < 4.78 is 18.7. The van der Waals surface area contributed by atoms with Crippen LogP contribution in [0.15, 0.2) is 54.6 Å². The van der Waals surface area contributed by atoms with Gasteiger partial charge in [0.1, 0.15) is 5.82 Å². The van der Waals surface area contributed by atoms with Gasteiger partial charge in [0.25, 0.3) is 0 Å². The van der Waals surface area contributed by atoms with E-state index in [4.69, 9.17) is 4.52 Å². The van der Waals surface area contributed by atoms with E-state index in [0.29, 0.717) is 6.61 Å². The summed E-state index contributed by atoms with van der Waals surface area (Å²) in [4.78, 5) is 0. The van der Waals surface area contributed by atoms with Crippen molar-refractivity contribution in [3.63, 3.8) is 0 Å². The van der Waals surface area contributed by atoms with Crippen LogP contribution in [-0.4, -0.2) is 6.61 Å². The van der Waals surface area contributed by atoms with Crippen LogP contribution in [0.5, 0.6) is 0 Å². The second kappa shape index (κ2) is 5.90. The quantitative estimate of drug-likeness (QED) is 0.755. The lowest BCUT2D eigenvalue weighted by Crippen LogP contribution is -2.13. The highest BCUT2D eigenvalue weighted by Gasteiger charge is 2.13. The smallest absolute Gasteiger partial charge is 0.123 e. The van der Waals surface area contributed by atoms with Gasteiger partial charge in [0.2, 0.25) is 0 Å². The Labute approximate surface area is 102 Å². The van der Waals surface area contributed by atoms with E-state index < -0.39 is 8.15 Å². The minimum atomic E-state index is -0.830. The fourth-order valence-corrected chi connectivity index (χ4v) is 3.28. The first-order valence-electron chi connectivity index (χ1n) is 5.55. The molecule has 17 heavy (non-hydrogen) atoms. The third-order valence-corrected chi connectivity index (χ3v) is 4.36. The van der Waals surface area contributed by atoms with E-state index in [1.807, 2.05) is 37.3 Å². The molecule has 1 unspecified atom stereocenters. The number of rotatable bonds is 4. The predicted molar refractivity (Wildman–Crippen MR) is 70.7 cm³/mol. The second-order valence-electron chi connectivity index (χ2n) is 3.52. The Bertz CT molecular complexity index is 455. The van der Waals surface area contributed by atoms with Crippen LogP contribution in [0.1, 0.15) is 6.92 Å². The van der Waals surface area contributed by atoms with Crippen LogP contribution in [0.3, 0.4) is 0 Å². The molecule has 88 valence electrons. The van der Waals surface area contributed by atoms with Crippen molar-refractivity contribution in [3.8, 4) is 0 Å². The van der Waals surface area contributed by atoms with Gasteiger partial charge in [-0.2, -0.15) is 0 Å². The molecule has 0 aliphatic carbocycles. The lowest BCUT2D eigenvalue weighted by Gasteiger charge is -2.17. The van der Waals surface area contributed by atoms with Crippen molar-refractivity contribution >= 4 is 18.8 Å². The molecule has 0 saturated carbocycles. The van der Waals surface area contributed by atoms with Gasteiger partial charge in [-0.25, -0.2) is 4.39 Å². The molecule has 2 aromatic carbocycles. The maximum Gasteiger partial charge on any atom is 0.123 e. The van der Waals surface area contributed by atoms with E-state index in [9.17, 15) is 4.39 Å². The average Bonchev–Trinajstić information content (AvgIpc) is 2.38. The molecule has 3 heteroatoms. The van der Waals surface area contributed by atoms with E-state index >= 15 is 0 Å². The zero-order valence-corrected chi connectivity index (χ0v) is 10.5. The third-order valence-electron chi connectivity index (χ3n) is 2.31. The van der Waals surface area contributed by atoms with Gasteiger partial charge in [0.05, 0.1) is 8.15 Å². The summed E-state index contributed by atoms with van der Waals surface area (Å²) in [6, 6.07) is 16.6. The Balaban J connectivity index is 2.32. The van der Waals surface area contributed by atoms with Crippen LogP contribution < -0.4 is 10.6 Å². The van der Waals surface area contributed by atoms with E-state index in [0.717, 1.165) is 10.6 Å². The first-order chi connectivity index (χ1) is 8.31. The number of hydrogen-bond donors (Lipinski definition) is 0. The summed E-state index contributed by atoms with van der Waals surface area (Å²) in [6.45, 7) is 2.62. The van der Waals surface area contributed by atoms with Crippen molar-refractivity contribution < 1.29 is 8.91 Å². The Morgan fingerprint density at radius 3 is 2.12 bits per heavy atom. The molecule has 0 spiro atoms. The van der Waals surface area contributed by atoms with Gasteiger partial charge in [-0.3, -0.25) is 0 Å². The van der Waals surface area contributed by atoms with Crippen LogP contribution in [0.4, 0.5) is 4.39 Å². The van der Waals surface area contributed by atoms with Crippen molar-refractivity contribution in [2.75, 3.05) is 6.61 Å². The van der Waals surface area contributed by atoms with Gasteiger partial charge in [0.15, 0.2) is 0 Å². The zero-order chi connectivity index (χ0) is 12.1. The molecule has 0 aliphatic rings. The fourth-order valence-electron chi connectivity index (χ4n) is 1.57. The van der Waals surface area contributed by atoms with Gasteiger partial charge in [-0.15, -0.1) is 0 Å². The summed E-state index contributed by atoms with van der Waals surface area (Å²) in [5.41, 5.74) is 0. The molecule has 0 aliphatic heterocycles. The van der Waals surface area contributed by atoms with Gasteiger partial charge in [-0.05, 0) is 31.2 Å². The van der Waals surface area contributed by atoms with E-state index in [-0.39, 0.29) is 5.82 Å². The highest BCUT2D eigenvalue weighted by Crippen LogP contribution is 2.34. The standard InChI is InChI=1S/C14H14FOP/c1-2-16-17(13-6-4-3-5-7-13)14-10-8-12(15)9-11-14/h3-11H,2H2,1H3. The molecular weight excluding hydrogens is 234 g/mol. The summed E-state index contributed by atoms with van der Waals surface area (Å²) in [5, 5.41) is 2.19. The Hall–Kier alpha value is -1.24. The molecule has 0 fully saturated rings. The molecule has 2 aromatic rings. The molecule has 1 atom stereocenters. The van der Waals surface area contributed by atoms with Gasteiger partial charge >= 0.3 is 0 Å². The Kier molecular flexibility index (Phi) is 4.24. The van der Waals surface area contributed by atoms with Crippen LogP contribution in [0, 0.1) is 5.82 Å². The molecule has 0 radical (unpaired) electrons. The van der Waals surface area contributed by atoms with Gasteiger partial charge in [0, 0.05) is 17.2 Å². The highest BCUT2D eigenvalue weighted by molar-refractivity contribution is 7.68. The average molecular weight is 248 g/mol. The SMILES string of the molecule is CCOP(c1ccccc1)c1ccc(F)cc1. The van der Waals surface area contributed by atoms with E-state index in [1.165, 1.54) is 12.1 Å². The van der Waals surface area contributed by atoms with Crippen LogP contribution in [0.25, 0.3) is 0 Å². The highest BCUT2D eigenvalue weighted by atomic mass is 31.1. The molecule has 0 heterocycles. The van der Waals surface area contributed by atoms with Crippen molar-refractivity contribution in [2.45, 2.75) is 6.92 Å². The summed E-state index contributed by atoms with van der Waals surface area (Å²) >= 11 is 0. The first kappa shape index (κ1) is 12.2. The molecule has 1 nitrogen and oxygen atoms in total. The summed E-state index contributed by atoms with van der Waals surface area (Å²) in [5.74, 6) is -0.215. The molecule has 0 aromatic heterocycles. The number of benzene rings is 2. The van der Waals surface area contributed by atoms with Crippen molar-refractivity contribution in [1.29, 1.82) is 0 Å². The first-order valence-corrected chi connectivity index (χ1v) is 6.81. The molecule has 0 N–H and O–H groups in total. The molecule has 0 bridgehead atoms. The minimum absolute atomic E-state index is 0.215. The Morgan fingerprint density at radius 1 is 0.941 bits per heavy atom. The molecular formula is C14H14FOP. The summed E-state index contributed by atoms with van der Waals surface area (Å²) in [7, 11) is -0.830. The third kappa shape index (κ3) is 3.12. The zero-order valence-electron chi connectivity index (χ0n) is 9.64. The maximum absolute atomic E-state index is 12.9. The number of halogens is 1. The Morgan fingerprint density at radius 2 is 1.53 bits per heavy atom. The topological polar surface area (TPSA) is 9.23 Å². The summed E-state index contributed by atoms with van der Waals surface area (Å²) in [6.07, 6.45) is 0. The van der Waals surface area contributed by atoms with Crippen LogP contribution in [-0.2, 0) is 4.52 Å². The number of hydrogen-bond acceptors (Lipinski definition) is 1.